The Morgan fingerprint density at radius 2 is 1.90 bits per heavy atom. The fourth-order valence-electron chi connectivity index (χ4n) is 1.71. The zero-order valence-corrected chi connectivity index (χ0v) is 11.7. The van der Waals surface area contributed by atoms with Gasteiger partial charge in [0.25, 0.3) is 0 Å². The molecule has 0 spiro atoms. The fourth-order valence-corrected chi connectivity index (χ4v) is 3.65. The Labute approximate surface area is 121 Å². The summed E-state index contributed by atoms with van der Waals surface area (Å²) in [7, 11) is -3.74. The van der Waals surface area contributed by atoms with Gasteiger partial charge >= 0.3 is 0 Å². The Bertz CT molecular complexity index is 797. The third-order valence-electron chi connectivity index (χ3n) is 2.70. The second kappa shape index (κ2) is 5.61. The van der Waals surface area contributed by atoms with E-state index in [0.717, 1.165) is 6.07 Å². The monoisotopic (exact) mass is 309 g/mol. The van der Waals surface area contributed by atoms with Gasteiger partial charge in [-0.3, -0.25) is 0 Å². The molecule has 0 atom stereocenters. The molecule has 0 aromatic heterocycles. The molecule has 0 aliphatic carbocycles. The topological polar surface area (TPSA) is 57.9 Å². The minimum atomic E-state index is -3.74. The van der Waals surface area contributed by atoms with Crippen LogP contribution in [0.4, 0.5) is 4.39 Å². The molecule has 2 aromatic rings. The lowest BCUT2D eigenvalue weighted by atomic mass is 10.1. The smallest absolute Gasteiger partial charge is 0.184 e. The van der Waals surface area contributed by atoms with Crippen LogP contribution < -0.4 is 0 Å². The van der Waals surface area contributed by atoms with E-state index in [2.05, 4.69) is 0 Å². The molecule has 0 heterocycles. The van der Waals surface area contributed by atoms with E-state index in [1.54, 1.807) is 18.2 Å². The molecule has 0 unspecified atom stereocenters. The molecule has 2 rings (SSSR count). The van der Waals surface area contributed by atoms with Crippen LogP contribution in [0.1, 0.15) is 11.1 Å². The van der Waals surface area contributed by atoms with E-state index in [4.69, 9.17) is 16.9 Å². The van der Waals surface area contributed by atoms with Crippen LogP contribution in [0.3, 0.4) is 0 Å². The maximum Gasteiger partial charge on any atom is 0.184 e. The van der Waals surface area contributed by atoms with Gasteiger partial charge in [-0.05, 0) is 24.3 Å². The molecule has 2 aromatic carbocycles. The van der Waals surface area contributed by atoms with Gasteiger partial charge in [0.05, 0.1) is 27.3 Å². The van der Waals surface area contributed by atoms with Gasteiger partial charge in [-0.25, -0.2) is 12.8 Å². The number of sulfone groups is 1. The van der Waals surface area contributed by atoms with Crippen LogP contribution in [-0.2, 0) is 15.6 Å². The molecule has 20 heavy (non-hydrogen) atoms. The van der Waals surface area contributed by atoms with E-state index < -0.39 is 21.4 Å². The summed E-state index contributed by atoms with van der Waals surface area (Å²) in [5.74, 6) is -1.23. The standard InChI is InChI=1S/C14H9ClFNO2S/c15-12-3-1-2-4-14(12)20(18,19)9-11-6-5-10(8-17)7-13(11)16/h1-7H,9H2. The minimum Gasteiger partial charge on any atom is -0.223 e. The molecule has 0 saturated heterocycles. The van der Waals surface area contributed by atoms with Gasteiger partial charge in [0.2, 0.25) is 0 Å². The number of nitrogens with zero attached hydrogens (tertiary/aromatic N) is 1. The van der Waals surface area contributed by atoms with Crippen molar-refractivity contribution in [2.75, 3.05) is 0 Å². The summed E-state index contributed by atoms with van der Waals surface area (Å²) in [5, 5.41) is 8.75. The van der Waals surface area contributed by atoms with Gasteiger partial charge in [-0.1, -0.05) is 29.8 Å². The first-order chi connectivity index (χ1) is 9.44. The number of nitriles is 1. The van der Waals surface area contributed by atoms with Crippen LogP contribution in [0, 0.1) is 17.1 Å². The van der Waals surface area contributed by atoms with Crippen LogP contribution in [0.5, 0.6) is 0 Å². The minimum absolute atomic E-state index is 0.00363. The summed E-state index contributed by atoms with van der Waals surface area (Å²) in [4.78, 5) is -0.0366. The van der Waals surface area contributed by atoms with Gasteiger partial charge in [0, 0.05) is 5.56 Å². The summed E-state index contributed by atoms with van der Waals surface area (Å²) in [6, 6.07) is 11.5. The lowest BCUT2D eigenvalue weighted by Crippen LogP contribution is -2.07. The number of halogens is 2. The first kappa shape index (κ1) is 14.5. The average Bonchev–Trinajstić information content (AvgIpc) is 2.41. The Balaban J connectivity index is 2.40. The molecule has 0 saturated carbocycles. The van der Waals surface area contributed by atoms with Crippen molar-refractivity contribution in [2.45, 2.75) is 10.6 Å². The van der Waals surface area contributed by atoms with Crippen LogP contribution in [0.15, 0.2) is 47.4 Å². The Morgan fingerprint density at radius 1 is 1.20 bits per heavy atom. The maximum absolute atomic E-state index is 13.7. The first-order valence-corrected chi connectivity index (χ1v) is 7.63. The normalized spacial score (nSPS) is 11.1. The van der Waals surface area contributed by atoms with Gasteiger partial charge in [0.1, 0.15) is 5.82 Å². The predicted octanol–water partition coefficient (Wildman–Crippen LogP) is 3.32. The van der Waals surface area contributed by atoms with Crippen LogP contribution in [-0.4, -0.2) is 8.42 Å². The molecule has 0 N–H and O–H groups in total. The van der Waals surface area contributed by atoms with Crippen molar-refractivity contribution in [3.63, 3.8) is 0 Å². The second-order valence-corrected chi connectivity index (χ2v) is 6.47. The lowest BCUT2D eigenvalue weighted by molar-refractivity contribution is 0.587. The van der Waals surface area contributed by atoms with Crippen molar-refractivity contribution in [3.8, 4) is 6.07 Å². The number of benzene rings is 2. The van der Waals surface area contributed by atoms with E-state index in [1.807, 2.05) is 0 Å². The number of hydrogen-bond donors (Lipinski definition) is 0. The van der Waals surface area contributed by atoms with Crippen molar-refractivity contribution in [2.24, 2.45) is 0 Å². The Morgan fingerprint density at radius 3 is 2.50 bits per heavy atom. The van der Waals surface area contributed by atoms with Crippen molar-refractivity contribution in [1.82, 2.24) is 0 Å². The van der Waals surface area contributed by atoms with Crippen LogP contribution in [0.2, 0.25) is 5.02 Å². The highest BCUT2D eigenvalue weighted by Gasteiger charge is 2.20. The van der Waals surface area contributed by atoms with Crippen LogP contribution in [0.25, 0.3) is 0 Å². The molecule has 0 bridgehead atoms. The van der Waals surface area contributed by atoms with Gasteiger partial charge in [-0.2, -0.15) is 5.26 Å². The zero-order valence-electron chi connectivity index (χ0n) is 10.2. The second-order valence-electron chi connectivity index (χ2n) is 4.11. The Kier molecular flexibility index (Phi) is 4.07. The predicted molar refractivity (Wildman–Crippen MR) is 73.5 cm³/mol. The highest BCUT2D eigenvalue weighted by Crippen LogP contribution is 2.25. The molecule has 102 valence electrons. The van der Waals surface area contributed by atoms with Crippen LogP contribution >= 0.6 is 11.6 Å². The maximum atomic E-state index is 13.7. The average molecular weight is 310 g/mol. The summed E-state index contributed by atoms with van der Waals surface area (Å²) < 4.78 is 38.2. The molecule has 0 aliphatic heterocycles. The van der Waals surface area contributed by atoms with E-state index >= 15 is 0 Å². The molecule has 0 aliphatic rings. The molecular formula is C14H9ClFNO2S. The van der Waals surface area contributed by atoms with Gasteiger partial charge < -0.3 is 0 Å². The SMILES string of the molecule is N#Cc1ccc(CS(=O)(=O)c2ccccc2Cl)c(F)c1. The molecule has 3 nitrogen and oxygen atoms in total. The highest BCUT2D eigenvalue weighted by atomic mass is 35.5. The fraction of sp³-hybridized carbons (Fsp3) is 0.0714. The highest BCUT2D eigenvalue weighted by molar-refractivity contribution is 7.90. The first-order valence-electron chi connectivity index (χ1n) is 5.60. The van der Waals surface area contributed by atoms with Crippen molar-refractivity contribution in [1.29, 1.82) is 5.26 Å². The summed E-state index contributed by atoms with van der Waals surface area (Å²) in [6.07, 6.45) is 0. The summed E-state index contributed by atoms with van der Waals surface area (Å²) >= 11 is 5.85. The molecular weight excluding hydrogens is 301 g/mol. The Hall–Kier alpha value is -1.90. The van der Waals surface area contributed by atoms with Crippen molar-refractivity contribution in [3.05, 3.63) is 64.4 Å². The zero-order chi connectivity index (χ0) is 14.8. The number of rotatable bonds is 3. The summed E-state index contributed by atoms with van der Waals surface area (Å²) in [6.45, 7) is 0. The molecule has 0 radical (unpaired) electrons. The molecule has 0 fully saturated rings. The van der Waals surface area contributed by atoms with Crippen molar-refractivity contribution >= 4 is 21.4 Å². The van der Waals surface area contributed by atoms with Gasteiger partial charge in [0.15, 0.2) is 9.84 Å². The van der Waals surface area contributed by atoms with E-state index in [1.165, 1.54) is 24.3 Å². The largest absolute Gasteiger partial charge is 0.223 e. The third-order valence-corrected chi connectivity index (χ3v) is 4.86. The molecule has 6 heteroatoms. The summed E-state index contributed by atoms with van der Waals surface area (Å²) in [5.41, 5.74) is 0.144. The lowest BCUT2D eigenvalue weighted by Gasteiger charge is -2.07. The van der Waals surface area contributed by atoms with E-state index in [0.29, 0.717) is 0 Å². The van der Waals surface area contributed by atoms with Crippen molar-refractivity contribution < 1.29 is 12.8 Å². The number of hydrogen-bond acceptors (Lipinski definition) is 3. The van der Waals surface area contributed by atoms with Gasteiger partial charge in [-0.15, -0.1) is 0 Å². The quantitative estimate of drug-likeness (QED) is 0.874. The molecule has 0 amide bonds. The van der Waals surface area contributed by atoms with E-state index in [9.17, 15) is 12.8 Å². The third kappa shape index (κ3) is 2.98. The van der Waals surface area contributed by atoms with E-state index in [-0.39, 0.29) is 21.0 Å².